The number of aliphatic imine (C=N–C) groups is 1. The van der Waals surface area contributed by atoms with Crippen molar-refractivity contribution in [3.05, 3.63) is 81.7 Å². The highest BCUT2D eigenvalue weighted by Gasteiger charge is 2.23. The molecule has 24 heavy (non-hydrogen) atoms. The molecule has 0 saturated carbocycles. The van der Waals surface area contributed by atoms with Crippen LogP contribution in [0.15, 0.2) is 76.1 Å². The van der Waals surface area contributed by atoms with Crippen LogP contribution >= 0.6 is 23.4 Å². The number of carbonyl (C=O) groups is 1. The Hall–Kier alpha value is -2.30. The summed E-state index contributed by atoms with van der Waals surface area (Å²) in [5.74, 6) is -0.131. The zero-order valence-corrected chi connectivity index (χ0v) is 14.6. The number of benzene rings is 2. The van der Waals surface area contributed by atoms with Gasteiger partial charge in [0.05, 0.1) is 10.6 Å². The van der Waals surface area contributed by atoms with Crippen molar-refractivity contribution in [3.63, 3.8) is 0 Å². The van der Waals surface area contributed by atoms with Crippen LogP contribution in [0, 0.1) is 0 Å². The third-order valence-corrected chi connectivity index (χ3v) is 4.42. The maximum absolute atomic E-state index is 12.1. The molecule has 3 rings (SSSR count). The number of halogens is 1. The molecule has 3 nitrogen and oxygen atoms in total. The molecule has 0 aliphatic carbocycles. The Morgan fingerprint density at radius 2 is 1.83 bits per heavy atom. The molecule has 2 aromatic rings. The number of carbonyl (C=O) groups excluding carboxylic acids is 1. The minimum absolute atomic E-state index is 0.131. The van der Waals surface area contributed by atoms with Crippen LogP contribution in [0.25, 0.3) is 6.08 Å². The van der Waals surface area contributed by atoms with Gasteiger partial charge in [-0.05, 0) is 60.2 Å². The van der Waals surface area contributed by atoms with E-state index in [2.05, 4.69) is 10.3 Å². The van der Waals surface area contributed by atoms with E-state index in [1.54, 1.807) is 12.1 Å². The molecule has 0 spiro atoms. The van der Waals surface area contributed by atoms with Crippen molar-refractivity contribution < 1.29 is 4.79 Å². The molecule has 0 radical (unpaired) electrons. The van der Waals surface area contributed by atoms with Crippen LogP contribution < -0.4 is 5.32 Å². The molecule has 1 N–H and O–H groups in total. The molecule has 1 saturated heterocycles. The number of amidine groups is 1. The third kappa shape index (κ3) is 4.37. The van der Waals surface area contributed by atoms with Crippen molar-refractivity contribution in [1.82, 2.24) is 5.32 Å². The summed E-state index contributed by atoms with van der Waals surface area (Å²) < 4.78 is 0. The van der Waals surface area contributed by atoms with Gasteiger partial charge < -0.3 is 5.32 Å². The van der Waals surface area contributed by atoms with Crippen molar-refractivity contribution in [2.24, 2.45) is 4.99 Å². The second kappa shape index (κ2) is 7.51. The summed E-state index contributed by atoms with van der Waals surface area (Å²) in [7, 11) is 0. The highest BCUT2D eigenvalue weighted by Crippen LogP contribution is 2.28. The van der Waals surface area contributed by atoms with Crippen LogP contribution in [0.1, 0.15) is 12.5 Å². The number of nitrogens with one attached hydrogen (secondary N) is 1. The predicted octanol–water partition coefficient (Wildman–Crippen LogP) is 5.18. The molecule has 1 aliphatic heterocycles. The maximum Gasteiger partial charge on any atom is 0.264 e. The van der Waals surface area contributed by atoms with E-state index in [1.165, 1.54) is 11.8 Å². The van der Waals surface area contributed by atoms with Crippen molar-refractivity contribution in [2.75, 3.05) is 0 Å². The van der Waals surface area contributed by atoms with Gasteiger partial charge in [-0.3, -0.25) is 4.79 Å². The maximum atomic E-state index is 12.1. The Kier molecular flexibility index (Phi) is 5.18. The smallest absolute Gasteiger partial charge is 0.264 e. The Balaban J connectivity index is 1.77. The van der Waals surface area contributed by atoms with Crippen LogP contribution in [0.5, 0.6) is 0 Å². The summed E-state index contributed by atoms with van der Waals surface area (Å²) in [6, 6.07) is 17.2. The van der Waals surface area contributed by atoms with Gasteiger partial charge in [-0.2, -0.15) is 0 Å². The number of amides is 1. The third-order valence-electron chi connectivity index (χ3n) is 3.26. The van der Waals surface area contributed by atoms with Crippen molar-refractivity contribution in [3.8, 4) is 0 Å². The Labute approximate surface area is 150 Å². The normalized spacial score (nSPS) is 18.2. The quantitative estimate of drug-likeness (QED) is 0.772. The molecule has 5 heteroatoms. The molecule has 120 valence electrons. The van der Waals surface area contributed by atoms with Gasteiger partial charge >= 0.3 is 0 Å². The molecular weight excluding hydrogens is 340 g/mol. The summed E-state index contributed by atoms with van der Waals surface area (Å²) in [5.41, 5.74) is 2.86. The van der Waals surface area contributed by atoms with E-state index in [9.17, 15) is 4.79 Å². The molecule has 0 atom stereocenters. The monoisotopic (exact) mass is 354 g/mol. The number of rotatable bonds is 3. The van der Waals surface area contributed by atoms with Crippen LogP contribution in [0.4, 0.5) is 5.69 Å². The van der Waals surface area contributed by atoms with Crippen LogP contribution in [-0.4, -0.2) is 11.1 Å². The first-order valence-corrected chi connectivity index (χ1v) is 8.58. The lowest BCUT2D eigenvalue weighted by molar-refractivity contribution is -0.115. The fourth-order valence-corrected chi connectivity index (χ4v) is 3.19. The SMILES string of the molecule is CC(=C\c1ccccc1)/C=C1/SC(=Nc2ccc(Cl)cc2)NC1=O. The van der Waals surface area contributed by atoms with Crippen molar-refractivity contribution >= 4 is 46.2 Å². The molecule has 1 fully saturated rings. The Morgan fingerprint density at radius 1 is 1.12 bits per heavy atom. The van der Waals surface area contributed by atoms with E-state index < -0.39 is 0 Å². The summed E-state index contributed by atoms with van der Waals surface area (Å²) in [5, 5.41) is 4.01. The molecule has 1 amide bonds. The first kappa shape index (κ1) is 16.6. The van der Waals surface area contributed by atoms with Gasteiger partial charge in [0.15, 0.2) is 5.17 Å². The van der Waals surface area contributed by atoms with Gasteiger partial charge in [-0.1, -0.05) is 48.0 Å². The zero-order chi connectivity index (χ0) is 16.9. The molecule has 0 bridgehead atoms. The topological polar surface area (TPSA) is 41.5 Å². The zero-order valence-electron chi connectivity index (χ0n) is 13.0. The molecule has 1 aliphatic rings. The molecule has 0 unspecified atom stereocenters. The second-order valence-electron chi connectivity index (χ2n) is 5.26. The van der Waals surface area contributed by atoms with E-state index >= 15 is 0 Å². The lowest BCUT2D eigenvalue weighted by Crippen LogP contribution is -2.19. The second-order valence-corrected chi connectivity index (χ2v) is 6.72. The van der Waals surface area contributed by atoms with Crippen LogP contribution in [-0.2, 0) is 4.79 Å². The standard InChI is InChI=1S/C19H15ClN2OS/c1-13(11-14-5-3-2-4-6-14)12-17-18(23)22-19(24-17)21-16-9-7-15(20)8-10-16/h2-12H,1H3,(H,21,22,23)/b13-11+,17-12+. The highest BCUT2D eigenvalue weighted by molar-refractivity contribution is 8.18. The lowest BCUT2D eigenvalue weighted by atomic mass is 10.1. The molecule has 1 heterocycles. The average Bonchev–Trinajstić information content (AvgIpc) is 2.90. The van der Waals surface area contributed by atoms with E-state index in [-0.39, 0.29) is 5.91 Å². The lowest BCUT2D eigenvalue weighted by Gasteiger charge is -1.97. The van der Waals surface area contributed by atoms with Gasteiger partial charge in [0.25, 0.3) is 5.91 Å². The number of allylic oxidation sites excluding steroid dienone is 2. The number of hydrogen-bond donors (Lipinski definition) is 1. The average molecular weight is 355 g/mol. The van der Waals surface area contributed by atoms with Crippen molar-refractivity contribution in [1.29, 1.82) is 0 Å². The van der Waals surface area contributed by atoms with E-state index in [4.69, 9.17) is 11.6 Å². The van der Waals surface area contributed by atoms with E-state index in [0.29, 0.717) is 15.1 Å². The number of hydrogen-bond acceptors (Lipinski definition) is 3. The van der Waals surface area contributed by atoms with Gasteiger partial charge in [0.2, 0.25) is 0 Å². The highest BCUT2D eigenvalue weighted by atomic mass is 35.5. The summed E-state index contributed by atoms with van der Waals surface area (Å²) >= 11 is 7.19. The summed E-state index contributed by atoms with van der Waals surface area (Å²) in [6.07, 6.45) is 3.91. The molecular formula is C19H15ClN2OS. The Bertz CT molecular complexity index is 839. The molecule has 2 aromatic carbocycles. The minimum atomic E-state index is -0.131. The van der Waals surface area contributed by atoms with Gasteiger partial charge in [0.1, 0.15) is 0 Å². The first-order chi connectivity index (χ1) is 11.6. The summed E-state index contributed by atoms with van der Waals surface area (Å²) in [4.78, 5) is 17.1. The van der Waals surface area contributed by atoms with E-state index in [1.807, 2.05) is 61.5 Å². The van der Waals surface area contributed by atoms with Gasteiger partial charge in [-0.25, -0.2) is 4.99 Å². The van der Waals surface area contributed by atoms with Gasteiger partial charge in [-0.15, -0.1) is 0 Å². The fraction of sp³-hybridized carbons (Fsp3) is 0.0526. The van der Waals surface area contributed by atoms with E-state index in [0.717, 1.165) is 16.8 Å². The predicted molar refractivity (Wildman–Crippen MR) is 102 cm³/mol. The number of nitrogens with zero attached hydrogens (tertiary/aromatic N) is 1. The van der Waals surface area contributed by atoms with Crippen LogP contribution in [0.3, 0.4) is 0 Å². The molecule has 0 aromatic heterocycles. The minimum Gasteiger partial charge on any atom is -0.300 e. The fourth-order valence-electron chi connectivity index (χ4n) is 2.17. The van der Waals surface area contributed by atoms with Crippen LogP contribution in [0.2, 0.25) is 5.02 Å². The summed E-state index contributed by atoms with van der Waals surface area (Å²) in [6.45, 7) is 1.97. The largest absolute Gasteiger partial charge is 0.300 e. The number of thioether (sulfide) groups is 1. The Morgan fingerprint density at radius 3 is 2.54 bits per heavy atom. The van der Waals surface area contributed by atoms with Gasteiger partial charge in [0, 0.05) is 5.02 Å². The first-order valence-electron chi connectivity index (χ1n) is 7.39. The van der Waals surface area contributed by atoms with Crippen molar-refractivity contribution in [2.45, 2.75) is 6.92 Å².